The van der Waals surface area contributed by atoms with E-state index in [1.807, 2.05) is 7.05 Å². The summed E-state index contributed by atoms with van der Waals surface area (Å²) < 4.78 is 5.44. The van der Waals surface area contributed by atoms with Crippen LogP contribution in [0.5, 0.6) is 0 Å². The van der Waals surface area contributed by atoms with Gasteiger partial charge in [0.05, 0.1) is 6.61 Å². The minimum absolute atomic E-state index is 0.225. The number of hydrogen-bond donors (Lipinski definition) is 2. The van der Waals surface area contributed by atoms with Gasteiger partial charge in [-0.1, -0.05) is 0 Å². The summed E-state index contributed by atoms with van der Waals surface area (Å²) in [6, 6.07) is 0.233. The topological polar surface area (TPSA) is 44.7 Å². The molecule has 1 aliphatic rings. The highest BCUT2D eigenvalue weighted by Gasteiger charge is 2.33. The van der Waals surface area contributed by atoms with Crippen molar-refractivity contribution in [2.24, 2.45) is 5.41 Å². The van der Waals surface area contributed by atoms with Gasteiger partial charge < -0.3 is 20.1 Å². The van der Waals surface area contributed by atoms with Crippen LogP contribution < -0.4 is 5.32 Å². The lowest BCUT2D eigenvalue weighted by molar-refractivity contribution is -0.00842. The van der Waals surface area contributed by atoms with Gasteiger partial charge in [0.2, 0.25) is 0 Å². The van der Waals surface area contributed by atoms with Gasteiger partial charge in [-0.3, -0.25) is 0 Å². The predicted molar refractivity (Wildman–Crippen MR) is 65.6 cm³/mol. The van der Waals surface area contributed by atoms with E-state index >= 15 is 0 Å². The van der Waals surface area contributed by atoms with Gasteiger partial charge in [0.15, 0.2) is 0 Å². The monoisotopic (exact) mass is 230 g/mol. The summed E-state index contributed by atoms with van der Waals surface area (Å²) in [6.07, 6.45) is 2.21. The second-order valence-corrected chi connectivity index (χ2v) is 5.09. The van der Waals surface area contributed by atoms with Gasteiger partial charge >= 0.3 is 0 Å². The molecule has 0 spiro atoms. The molecule has 0 amide bonds. The quantitative estimate of drug-likeness (QED) is 0.689. The summed E-state index contributed by atoms with van der Waals surface area (Å²) in [7, 11) is 4.10. The Morgan fingerprint density at radius 2 is 2.06 bits per heavy atom. The first kappa shape index (κ1) is 13.9. The molecule has 0 aromatic carbocycles. The van der Waals surface area contributed by atoms with Crippen LogP contribution in [0.1, 0.15) is 19.8 Å². The Kier molecular flexibility index (Phi) is 5.69. The lowest BCUT2D eigenvalue weighted by atomic mass is 9.79. The predicted octanol–water partition coefficient (Wildman–Crippen LogP) is 0.315. The zero-order valence-electron chi connectivity index (χ0n) is 10.8. The highest BCUT2D eigenvalue weighted by molar-refractivity contribution is 4.87. The molecule has 2 N–H and O–H groups in total. The van der Waals surface area contributed by atoms with Gasteiger partial charge in [-0.05, 0) is 39.3 Å². The molecule has 1 unspecified atom stereocenters. The van der Waals surface area contributed by atoms with Crippen molar-refractivity contribution >= 4 is 0 Å². The molecular formula is C12H26N2O2. The van der Waals surface area contributed by atoms with E-state index in [2.05, 4.69) is 24.2 Å². The molecule has 16 heavy (non-hydrogen) atoms. The largest absolute Gasteiger partial charge is 0.395 e. The van der Waals surface area contributed by atoms with Crippen LogP contribution in [0.4, 0.5) is 0 Å². The second-order valence-electron chi connectivity index (χ2n) is 5.09. The Labute approximate surface area is 99.0 Å². The zero-order chi connectivity index (χ0) is 12.0. The third-order valence-corrected chi connectivity index (χ3v) is 3.71. The molecule has 4 heteroatoms. The van der Waals surface area contributed by atoms with E-state index in [0.717, 1.165) is 39.1 Å². The third kappa shape index (κ3) is 3.70. The standard InChI is InChI=1S/C12H26N2O2/c1-11(8-15)14(3)10-12(9-13-2)4-6-16-7-5-12/h11,13,15H,4-10H2,1-3H3. The van der Waals surface area contributed by atoms with E-state index in [-0.39, 0.29) is 12.6 Å². The number of nitrogens with one attached hydrogen (secondary N) is 1. The van der Waals surface area contributed by atoms with Crippen molar-refractivity contribution in [3.05, 3.63) is 0 Å². The van der Waals surface area contributed by atoms with Gasteiger partial charge in [0.25, 0.3) is 0 Å². The molecule has 1 heterocycles. The van der Waals surface area contributed by atoms with Crippen LogP contribution in [-0.2, 0) is 4.74 Å². The average Bonchev–Trinajstić information content (AvgIpc) is 2.29. The van der Waals surface area contributed by atoms with E-state index in [0.29, 0.717) is 5.41 Å². The van der Waals surface area contributed by atoms with Crippen LogP contribution in [0.25, 0.3) is 0 Å². The van der Waals surface area contributed by atoms with Crippen LogP contribution in [0.3, 0.4) is 0 Å². The number of aliphatic hydroxyl groups is 1. The highest BCUT2D eigenvalue weighted by Crippen LogP contribution is 2.31. The summed E-state index contributed by atoms with van der Waals surface area (Å²) in [5.41, 5.74) is 0.311. The van der Waals surface area contributed by atoms with Crippen molar-refractivity contribution in [3.8, 4) is 0 Å². The Morgan fingerprint density at radius 1 is 1.44 bits per heavy atom. The molecule has 1 fully saturated rings. The fourth-order valence-corrected chi connectivity index (χ4v) is 2.39. The number of rotatable bonds is 6. The smallest absolute Gasteiger partial charge is 0.0584 e. The minimum Gasteiger partial charge on any atom is -0.395 e. The number of hydrogen-bond acceptors (Lipinski definition) is 4. The number of likely N-dealkylation sites (N-methyl/N-ethyl adjacent to an activating group) is 1. The summed E-state index contributed by atoms with van der Waals surface area (Å²) in [5.74, 6) is 0. The summed E-state index contributed by atoms with van der Waals surface area (Å²) in [6.45, 7) is 6.07. The van der Waals surface area contributed by atoms with Gasteiger partial charge in [0.1, 0.15) is 0 Å². The summed E-state index contributed by atoms with van der Waals surface area (Å²) >= 11 is 0. The van der Waals surface area contributed by atoms with E-state index in [4.69, 9.17) is 9.84 Å². The van der Waals surface area contributed by atoms with Crippen LogP contribution in [0.2, 0.25) is 0 Å². The average molecular weight is 230 g/mol. The molecule has 1 aliphatic heterocycles. The van der Waals surface area contributed by atoms with Crippen molar-refractivity contribution in [2.45, 2.75) is 25.8 Å². The van der Waals surface area contributed by atoms with Gasteiger partial charge in [-0.2, -0.15) is 0 Å². The van der Waals surface area contributed by atoms with Gasteiger partial charge in [-0.15, -0.1) is 0 Å². The molecule has 1 rings (SSSR count). The molecule has 1 atom stereocenters. The molecule has 96 valence electrons. The molecular weight excluding hydrogens is 204 g/mol. The van der Waals surface area contributed by atoms with E-state index in [9.17, 15) is 0 Å². The van der Waals surface area contributed by atoms with E-state index in [1.165, 1.54) is 0 Å². The maximum Gasteiger partial charge on any atom is 0.0584 e. The third-order valence-electron chi connectivity index (χ3n) is 3.71. The minimum atomic E-state index is 0.225. The molecule has 0 bridgehead atoms. The first-order valence-corrected chi connectivity index (χ1v) is 6.17. The number of ether oxygens (including phenoxy) is 1. The Morgan fingerprint density at radius 3 is 2.56 bits per heavy atom. The lowest BCUT2D eigenvalue weighted by Gasteiger charge is -2.41. The maximum absolute atomic E-state index is 9.17. The maximum atomic E-state index is 9.17. The Balaban J connectivity index is 2.55. The molecule has 0 aliphatic carbocycles. The molecule has 0 aromatic rings. The Hall–Kier alpha value is -0.160. The first-order valence-electron chi connectivity index (χ1n) is 6.17. The van der Waals surface area contributed by atoms with E-state index in [1.54, 1.807) is 0 Å². The van der Waals surface area contributed by atoms with Crippen LogP contribution in [-0.4, -0.2) is 63.1 Å². The molecule has 0 radical (unpaired) electrons. The molecule has 0 aromatic heterocycles. The zero-order valence-corrected chi connectivity index (χ0v) is 10.8. The Bertz CT molecular complexity index is 188. The second kappa shape index (κ2) is 6.55. The molecule has 4 nitrogen and oxygen atoms in total. The number of aliphatic hydroxyl groups excluding tert-OH is 1. The van der Waals surface area contributed by atoms with Crippen molar-refractivity contribution < 1.29 is 9.84 Å². The summed E-state index contributed by atoms with van der Waals surface area (Å²) in [4.78, 5) is 2.25. The fourth-order valence-electron chi connectivity index (χ4n) is 2.39. The fraction of sp³-hybridized carbons (Fsp3) is 1.00. The SMILES string of the molecule is CNCC1(CN(C)C(C)CO)CCOCC1. The van der Waals surface area contributed by atoms with Crippen molar-refractivity contribution in [3.63, 3.8) is 0 Å². The van der Waals surface area contributed by atoms with Crippen LogP contribution in [0, 0.1) is 5.41 Å². The van der Waals surface area contributed by atoms with Gasteiger partial charge in [0, 0.05) is 32.3 Å². The van der Waals surface area contributed by atoms with Crippen LogP contribution in [0.15, 0.2) is 0 Å². The summed E-state index contributed by atoms with van der Waals surface area (Å²) in [5, 5.41) is 12.5. The normalized spacial score (nSPS) is 22.3. The molecule has 1 saturated heterocycles. The van der Waals surface area contributed by atoms with Gasteiger partial charge in [-0.25, -0.2) is 0 Å². The number of nitrogens with zero attached hydrogens (tertiary/aromatic N) is 1. The van der Waals surface area contributed by atoms with Crippen molar-refractivity contribution in [1.29, 1.82) is 0 Å². The molecule has 0 saturated carbocycles. The highest BCUT2D eigenvalue weighted by atomic mass is 16.5. The van der Waals surface area contributed by atoms with Crippen molar-refractivity contribution in [2.75, 3.05) is 47.0 Å². The lowest BCUT2D eigenvalue weighted by Crippen LogP contribution is -2.48. The first-order chi connectivity index (χ1) is 7.63. The van der Waals surface area contributed by atoms with Crippen molar-refractivity contribution in [1.82, 2.24) is 10.2 Å². The van der Waals surface area contributed by atoms with Crippen LogP contribution >= 0.6 is 0 Å². The van der Waals surface area contributed by atoms with E-state index < -0.39 is 0 Å².